The van der Waals surface area contributed by atoms with E-state index in [-0.39, 0.29) is 0 Å². The third-order valence-corrected chi connectivity index (χ3v) is 2.29. The first kappa shape index (κ1) is 8.22. The van der Waals surface area contributed by atoms with Crippen molar-refractivity contribution in [2.24, 2.45) is 0 Å². The molecule has 0 unspecified atom stereocenters. The maximum absolute atomic E-state index is 7.62. The second kappa shape index (κ2) is 3.55. The van der Waals surface area contributed by atoms with Crippen LogP contribution in [0.2, 0.25) is 0 Å². The molecule has 1 aromatic heterocycles. The van der Waals surface area contributed by atoms with E-state index in [4.69, 9.17) is 5.41 Å². The van der Waals surface area contributed by atoms with Crippen molar-refractivity contribution in [2.75, 3.05) is 13.1 Å². The molecule has 0 aromatic carbocycles. The normalized spacial score (nSPS) is 16.9. The van der Waals surface area contributed by atoms with Crippen molar-refractivity contribution in [1.29, 1.82) is 5.41 Å². The fourth-order valence-corrected chi connectivity index (χ4v) is 1.55. The van der Waals surface area contributed by atoms with Gasteiger partial charge in [-0.1, -0.05) is 5.21 Å². The summed E-state index contributed by atoms with van der Waals surface area (Å²) in [4.78, 5) is 2.10. The van der Waals surface area contributed by atoms with Crippen LogP contribution in [-0.4, -0.2) is 38.8 Å². The molecule has 2 rings (SSSR count). The summed E-state index contributed by atoms with van der Waals surface area (Å²) >= 11 is 0. The van der Waals surface area contributed by atoms with Gasteiger partial charge in [-0.05, 0) is 6.42 Å². The quantitative estimate of drug-likeness (QED) is 0.728. The molecule has 0 aliphatic carbocycles. The van der Waals surface area contributed by atoms with E-state index in [0.717, 1.165) is 38.3 Å². The van der Waals surface area contributed by atoms with Crippen molar-refractivity contribution < 1.29 is 0 Å². The zero-order valence-electron chi connectivity index (χ0n) is 7.48. The molecule has 0 radical (unpaired) electrons. The van der Waals surface area contributed by atoms with Crippen LogP contribution in [0.15, 0.2) is 12.4 Å². The molecule has 0 atom stereocenters. The smallest absolute Gasteiger partial charge is 0.0958 e. The number of nitrogens with one attached hydrogen (secondary N) is 1. The minimum absolute atomic E-state index is 0.764. The van der Waals surface area contributed by atoms with Crippen molar-refractivity contribution in [1.82, 2.24) is 19.9 Å². The van der Waals surface area contributed by atoms with Crippen LogP contribution < -0.4 is 0 Å². The number of likely N-dealkylation sites (tertiary alicyclic amines) is 1. The summed E-state index contributed by atoms with van der Waals surface area (Å²) in [6.07, 6.45) is 5.57. The zero-order chi connectivity index (χ0) is 9.10. The monoisotopic (exact) mass is 179 g/mol. The summed E-state index contributed by atoms with van der Waals surface area (Å²) < 4.78 is 1.80. The van der Waals surface area contributed by atoms with Crippen LogP contribution >= 0.6 is 0 Å². The van der Waals surface area contributed by atoms with Gasteiger partial charge in [0.1, 0.15) is 0 Å². The summed E-state index contributed by atoms with van der Waals surface area (Å²) in [6, 6.07) is 0. The standard InChI is InChI=1S/C8H13N5/c9-8-2-1-4-12(8)6-7-13-5-3-10-11-13/h3,5,9H,1-2,4,6-7H2. The van der Waals surface area contributed by atoms with Crippen LogP contribution in [0.3, 0.4) is 0 Å². The van der Waals surface area contributed by atoms with Gasteiger partial charge in [-0.15, -0.1) is 5.10 Å². The van der Waals surface area contributed by atoms with E-state index in [9.17, 15) is 0 Å². The number of hydrogen-bond donors (Lipinski definition) is 1. The van der Waals surface area contributed by atoms with Crippen molar-refractivity contribution in [3.8, 4) is 0 Å². The molecule has 0 saturated carbocycles. The fraction of sp³-hybridized carbons (Fsp3) is 0.625. The van der Waals surface area contributed by atoms with E-state index in [0.29, 0.717) is 0 Å². The van der Waals surface area contributed by atoms with Crippen molar-refractivity contribution in [3.05, 3.63) is 12.4 Å². The summed E-state index contributed by atoms with van der Waals surface area (Å²) in [6.45, 7) is 2.72. The molecule has 0 spiro atoms. The Labute approximate surface area is 76.9 Å². The Morgan fingerprint density at radius 1 is 1.46 bits per heavy atom. The van der Waals surface area contributed by atoms with E-state index in [1.54, 1.807) is 10.9 Å². The molecular formula is C8H13N5. The van der Waals surface area contributed by atoms with E-state index in [2.05, 4.69) is 15.2 Å². The highest BCUT2D eigenvalue weighted by Gasteiger charge is 2.15. The van der Waals surface area contributed by atoms with Crippen LogP contribution in [0.5, 0.6) is 0 Å². The highest BCUT2D eigenvalue weighted by molar-refractivity contribution is 5.80. The van der Waals surface area contributed by atoms with Crippen molar-refractivity contribution in [3.63, 3.8) is 0 Å². The molecule has 5 heteroatoms. The van der Waals surface area contributed by atoms with Gasteiger partial charge in [0.15, 0.2) is 0 Å². The van der Waals surface area contributed by atoms with Crippen LogP contribution in [0.4, 0.5) is 0 Å². The Morgan fingerprint density at radius 2 is 2.38 bits per heavy atom. The Hall–Kier alpha value is -1.39. The van der Waals surface area contributed by atoms with Gasteiger partial charge in [-0.3, -0.25) is 10.1 Å². The van der Waals surface area contributed by atoms with Gasteiger partial charge in [0, 0.05) is 25.7 Å². The summed E-state index contributed by atoms with van der Waals surface area (Å²) in [5, 5.41) is 15.2. The predicted molar refractivity (Wildman–Crippen MR) is 48.6 cm³/mol. The van der Waals surface area contributed by atoms with Gasteiger partial charge < -0.3 is 4.90 Å². The number of rotatable bonds is 3. The molecule has 2 heterocycles. The van der Waals surface area contributed by atoms with Gasteiger partial charge in [-0.2, -0.15) is 0 Å². The molecule has 1 aromatic rings. The Kier molecular flexibility index (Phi) is 2.25. The Balaban J connectivity index is 1.82. The predicted octanol–water partition coefficient (Wildman–Crippen LogP) is 0.351. The fourth-order valence-electron chi connectivity index (χ4n) is 1.55. The minimum atomic E-state index is 0.764. The number of nitrogens with zero attached hydrogens (tertiary/aromatic N) is 4. The van der Waals surface area contributed by atoms with Crippen molar-refractivity contribution in [2.45, 2.75) is 19.4 Å². The maximum atomic E-state index is 7.62. The SMILES string of the molecule is N=C1CCCN1CCn1ccnn1. The molecular weight excluding hydrogens is 166 g/mol. The Bertz CT molecular complexity index is 279. The molecule has 1 N–H and O–H groups in total. The molecule has 13 heavy (non-hydrogen) atoms. The van der Waals surface area contributed by atoms with Gasteiger partial charge in [0.05, 0.1) is 18.6 Å². The first-order valence-corrected chi connectivity index (χ1v) is 4.53. The topological polar surface area (TPSA) is 57.8 Å². The van der Waals surface area contributed by atoms with Gasteiger partial charge in [-0.25, -0.2) is 0 Å². The molecule has 70 valence electrons. The Morgan fingerprint density at radius 3 is 3.00 bits per heavy atom. The highest BCUT2D eigenvalue weighted by Crippen LogP contribution is 2.09. The van der Waals surface area contributed by atoms with Crippen molar-refractivity contribution >= 4 is 5.84 Å². The molecule has 5 nitrogen and oxygen atoms in total. The molecule has 0 amide bonds. The molecule has 1 fully saturated rings. The van der Waals surface area contributed by atoms with E-state index in [1.165, 1.54) is 0 Å². The second-order valence-electron chi connectivity index (χ2n) is 3.20. The second-order valence-corrected chi connectivity index (χ2v) is 3.20. The lowest BCUT2D eigenvalue weighted by molar-refractivity contribution is 0.404. The lowest BCUT2D eigenvalue weighted by Crippen LogP contribution is -2.28. The van der Waals surface area contributed by atoms with Crippen LogP contribution in [-0.2, 0) is 6.54 Å². The largest absolute Gasteiger partial charge is 0.359 e. The van der Waals surface area contributed by atoms with E-state index in [1.807, 2.05) is 6.20 Å². The number of hydrogen-bond acceptors (Lipinski definition) is 3. The van der Waals surface area contributed by atoms with E-state index < -0.39 is 0 Å². The van der Waals surface area contributed by atoms with Crippen LogP contribution in [0.1, 0.15) is 12.8 Å². The summed E-state index contributed by atoms with van der Waals surface area (Å²) in [5.41, 5.74) is 0. The zero-order valence-corrected chi connectivity index (χ0v) is 7.48. The van der Waals surface area contributed by atoms with E-state index >= 15 is 0 Å². The van der Waals surface area contributed by atoms with Gasteiger partial charge in [0.25, 0.3) is 0 Å². The highest BCUT2D eigenvalue weighted by atomic mass is 15.4. The molecule has 1 aliphatic rings. The molecule has 1 saturated heterocycles. The maximum Gasteiger partial charge on any atom is 0.0958 e. The third kappa shape index (κ3) is 1.85. The average molecular weight is 179 g/mol. The number of amidine groups is 1. The lowest BCUT2D eigenvalue weighted by Gasteiger charge is -2.16. The third-order valence-electron chi connectivity index (χ3n) is 2.29. The minimum Gasteiger partial charge on any atom is -0.359 e. The average Bonchev–Trinajstić information content (AvgIpc) is 2.72. The van der Waals surface area contributed by atoms with Crippen LogP contribution in [0, 0.1) is 5.41 Å². The van der Waals surface area contributed by atoms with Gasteiger partial charge in [0.2, 0.25) is 0 Å². The summed E-state index contributed by atoms with van der Waals surface area (Å²) in [7, 11) is 0. The molecule has 0 bridgehead atoms. The lowest BCUT2D eigenvalue weighted by atomic mass is 10.4. The summed E-state index contributed by atoms with van der Waals surface area (Å²) in [5.74, 6) is 0.764. The first-order chi connectivity index (χ1) is 6.36. The molecule has 1 aliphatic heterocycles. The van der Waals surface area contributed by atoms with Crippen LogP contribution in [0.25, 0.3) is 0 Å². The number of aromatic nitrogens is 3. The first-order valence-electron chi connectivity index (χ1n) is 4.53. The van der Waals surface area contributed by atoms with Gasteiger partial charge >= 0.3 is 0 Å².